The SMILES string of the molecule is Nc1nc(C(F)F)nn1-c1ccc(Br)cc1. The summed E-state index contributed by atoms with van der Waals surface area (Å²) in [5.74, 6) is -0.627. The molecule has 2 N–H and O–H groups in total. The van der Waals surface area contributed by atoms with E-state index in [0.717, 1.165) is 4.47 Å². The van der Waals surface area contributed by atoms with Crippen molar-refractivity contribution < 1.29 is 8.78 Å². The van der Waals surface area contributed by atoms with E-state index in [1.54, 1.807) is 24.3 Å². The van der Waals surface area contributed by atoms with Crippen LogP contribution in [0.25, 0.3) is 5.69 Å². The van der Waals surface area contributed by atoms with Crippen LogP contribution in [0.2, 0.25) is 0 Å². The van der Waals surface area contributed by atoms with Crippen LogP contribution >= 0.6 is 15.9 Å². The fourth-order valence-electron chi connectivity index (χ4n) is 1.21. The molecule has 0 fully saturated rings. The van der Waals surface area contributed by atoms with E-state index in [4.69, 9.17) is 5.73 Å². The number of alkyl halides is 2. The van der Waals surface area contributed by atoms with Gasteiger partial charge in [0.05, 0.1) is 5.69 Å². The van der Waals surface area contributed by atoms with Crippen molar-refractivity contribution >= 4 is 21.9 Å². The van der Waals surface area contributed by atoms with Gasteiger partial charge in [-0.05, 0) is 24.3 Å². The van der Waals surface area contributed by atoms with Gasteiger partial charge >= 0.3 is 0 Å². The van der Waals surface area contributed by atoms with Gasteiger partial charge in [-0.15, -0.1) is 5.10 Å². The molecule has 0 aliphatic rings. The fraction of sp³-hybridized carbons (Fsp3) is 0.111. The Balaban J connectivity index is 2.44. The van der Waals surface area contributed by atoms with Gasteiger partial charge in [-0.3, -0.25) is 0 Å². The first-order chi connectivity index (χ1) is 7.58. The van der Waals surface area contributed by atoms with Crippen LogP contribution in [0.15, 0.2) is 28.7 Å². The van der Waals surface area contributed by atoms with Crippen molar-refractivity contribution in [3.05, 3.63) is 34.6 Å². The highest BCUT2D eigenvalue weighted by atomic mass is 79.9. The quantitative estimate of drug-likeness (QED) is 0.924. The molecule has 0 spiro atoms. The summed E-state index contributed by atoms with van der Waals surface area (Å²) < 4.78 is 26.7. The Morgan fingerprint density at radius 2 is 1.88 bits per heavy atom. The normalized spacial score (nSPS) is 11.0. The number of hydrogen-bond acceptors (Lipinski definition) is 3. The van der Waals surface area contributed by atoms with Gasteiger partial charge in [-0.2, -0.15) is 9.67 Å². The third kappa shape index (κ3) is 2.04. The van der Waals surface area contributed by atoms with E-state index in [1.807, 2.05) is 0 Å². The lowest BCUT2D eigenvalue weighted by Gasteiger charge is -2.01. The maximum atomic E-state index is 12.3. The van der Waals surface area contributed by atoms with Crippen molar-refractivity contribution in [2.75, 3.05) is 5.73 Å². The number of nitrogen functional groups attached to an aromatic ring is 1. The molecular weight excluding hydrogens is 282 g/mol. The van der Waals surface area contributed by atoms with Gasteiger partial charge in [0.2, 0.25) is 11.8 Å². The Labute approximate surface area is 98.2 Å². The van der Waals surface area contributed by atoms with Gasteiger partial charge < -0.3 is 5.73 Å². The van der Waals surface area contributed by atoms with E-state index in [1.165, 1.54) is 4.68 Å². The highest BCUT2D eigenvalue weighted by molar-refractivity contribution is 9.10. The minimum atomic E-state index is -2.72. The number of hydrogen-bond donors (Lipinski definition) is 1. The van der Waals surface area contributed by atoms with Crippen LogP contribution in [0, 0.1) is 0 Å². The molecule has 4 nitrogen and oxygen atoms in total. The van der Waals surface area contributed by atoms with Crippen molar-refractivity contribution in [2.24, 2.45) is 0 Å². The van der Waals surface area contributed by atoms with E-state index >= 15 is 0 Å². The van der Waals surface area contributed by atoms with Crippen molar-refractivity contribution in [1.29, 1.82) is 0 Å². The van der Waals surface area contributed by atoms with Crippen molar-refractivity contribution in [2.45, 2.75) is 6.43 Å². The first kappa shape index (κ1) is 11.0. The zero-order valence-corrected chi connectivity index (χ0v) is 9.53. The lowest BCUT2D eigenvalue weighted by molar-refractivity contribution is 0.140. The summed E-state index contributed by atoms with van der Waals surface area (Å²) in [7, 11) is 0. The third-order valence-corrected chi connectivity index (χ3v) is 2.44. The molecule has 2 rings (SSSR count). The molecular formula is C9H7BrF2N4. The summed E-state index contributed by atoms with van der Waals surface area (Å²) >= 11 is 3.27. The largest absolute Gasteiger partial charge is 0.368 e. The Bertz CT molecular complexity index is 495. The van der Waals surface area contributed by atoms with Gasteiger partial charge in [-0.1, -0.05) is 15.9 Å². The number of aromatic nitrogens is 3. The molecule has 0 saturated heterocycles. The van der Waals surface area contributed by atoms with Crippen LogP contribution in [0.3, 0.4) is 0 Å². The van der Waals surface area contributed by atoms with Crippen LogP contribution in [-0.2, 0) is 0 Å². The molecule has 1 aromatic carbocycles. The van der Waals surface area contributed by atoms with E-state index < -0.39 is 12.2 Å². The van der Waals surface area contributed by atoms with E-state index in [9.17, 15) is 8.78 Å². The zero-order chi connectivity index (χ0) is 11.7. The number of halogens is 3. The maximum absolute atomic E-state index is 12.3. The Hall–Kier alpha value is -1.50. The Morgan fingerprint density at radius 1 is 1.25 bits per heavy atom. The van der Waals surface area contributed by atoms with Crippen molar-refractivity contribution in [3.8, 4) is 5.69 Å². The number of benzene rings is 1. The second-order valence-corrected chi connectivity index (χ2v) is 3.93. The molecule has 0 bridgehead atoms. The summed E-state index contributed by atoms with van der Waals surface area (Å²) in [4.78, 5) is 3.48. The minimum absolute atomic E-state index is 0.0578. The second-order valence-electron chi connectivity index (χ2n) is 3.02. The molecule has 84 valence electrons. The van der Waals surface area contributed by atoms with Gasteiger partial charge in [0.25, 0.3) is 6.43 Å². The minimum Gasteiger partial charge on any atom is -0.368 e. The van der Waals surface area contributed by atoms with E-state index in [0.29, 0.717) is 5.69 Å². The van der Waals surface area contributed by atoms with Crippen LogP contribution in [-0.4, -0.2) is 14.8 Å². The molecule has 1 aromatic heterocycles. The van der Waals surface area contributed by atoms with Crippen molar-refractivity contribution in [3.63, 3.8) is 0 Å². The molecule has 0 aliphatic heterocycles. The topological polar surface area (TPSA) is 56.7 Å². The second kappa shape index (κ2) is 4.17. The maximum Gasteiger partial charge on any atom is 0.299 e. The fourth-order valence-corrected chi connectivity index (χ4v) is 1.47. The third-order valence-electron chi connectivity index (χ3n) is 1.91. The highest BCUT2D eigenvalue weighted by Crippen LogP contribution is 2.19. The number of anilines is 1. The van der Waals surface area contributed by atoms with Gasteiger partial charge in [0, 0.05) is 4.47 Å². The highest BCUT2D eigenvalue weighted by Gasteiger charge is 2.16. The van der Waals surface area contributed by atoms with E-state index in [2.05, 4.69) is 26.0 Å². The van der Waals surface area contributed by atoms with Gasteiger partial charge in [0.1, 0.15) is 0 Å². The Morgan fingerprint density at radius 3 is 2.38 bits per heavy atom. The summed E-state index contributed by atoms with van der Waals surface area (Å²) in [6.07, 6.45) is -2.72. The van der Waals surface area contributed by atoms with Gasteiger partial charge in [0.15, 0.2) is 0 Å². The van der Waals surface area contributed by atoms with Crippen LogP contribution in [0.4, 0.5) is 14.7 Å². The predicted molar refractivity (Wildman–Crippen MR) is 58.4 cm³/mol. The number of rotatable bonds is 2. The van der Waals surface area contributed by atoms with Crippen LogP contribution in [0.5, 0.6) is 0 Å². The summed E-state index contributed by atoms with van der Waals surface area (Å²) in [6.45, 7) is 0. The van der Waals surface area contributed by atoms with Crippen molar-refractivity contribution in [1.82, 2.24) is 14.8 Å². The molecule has 0 amide bonds. The summed E-state index contributed by atoms with van der Waals surface area (Å²) in [6, 6.07) is 6.92. The molecule has 2 aromatic rings. The smallest absolute Gasteiger partial charge is 0.299 e. The predicted octanol–water partition coefficient (Wildman–Crippen LogP) is 2.55. The average Bonchev–Trinajstić information content (AvgIpc) is 2.62. The molecule has 0 radical (unpaired) electrons. The first-order valence-electron chi connectivity index (χ1n) is 4.34. The standard InChI is InChI=1S/C9H7BrF2N4/c10-5-1-3-6(4-2-5)16-9(13)14-8(15-16)7(11)12/h1-4,7H,(H2,13,14,15). The zero-order valence-electron chi connectivity index (χ0n) is 7.94. The molecule has 1 heterocycles. The van der Waals surface area contributed by atoms with E-state index in [-0.39, 0.29) is 5.95 Å². The van der Waals surface area contributed by atoms with Crippen LogP contribution in [0.1, 0.15) is 12.2 Å². The Kier molecular flexibility index (Phi) is 2.86. The van der Waals surface area contributed by atoms with Gasteiger partial charge in [-0.25, -0.2) is 8.78 Å². The lowest BCUT2D eigenvalue weighted by atomic mass is 10.3. The summed E-state index contributed by atoms with van der Waals surface area (Å²) in [5, 5.41) is 3.62. The molecule has 16 heavy (non-hydrogen) atoms. The summed E-state index contributed by atoms with van der Waals surface area (Å²) in [5.41, 5.74) is 6.08. The molecule has 0 saturated carbocycles. The molecule has 7 heteroatoms. The van der Waals surface area contributed by atoms with Crippen LogP contribution < -0.4 is 5.73 Å². The molecule has 0 unspecified atom stereocenters. The monoisotopic (exact) mass is 288 g/mol. The molecule has 0 atom stereocenters. The number of nitrogens with two attached hydrogens (primary N) is 1. The lowest BCUT2D eigenvalue weighted by Crippen LogP contribution is -2.02. The average molecular weight is 289 g/mol. The molecule has 0 aliphatic carbocycles. The number of nitrogens with zero attached hydrogens (tertiary/aromatic N) is 3. The first-order valence-corrected chi connectivity index (χ1v) is 5.14.